The second kappa shape index (κ2) is 8.96. The van der Waals surface area contributed by atoms with E-state index in [1.54, 1.807) is 0 Å². The molecule has 8 aromatic rings. The maximum atomic E-state index is 9.64. The number of nitrogens with zero attached hydrogens (tertiary/aromatic N) is 4. The average Bonchev–Trinajstić information content (AvgIpc) is 3.67. The Bertz CT molecular complexity index is 2650. The van der Waals surface area contributed by atoms with Gasteiger partial charge in [0, 0.05) is 38.3 Å². The van der Waals surface area contributed by atoms with E-state index < -0.39 is 0 Å². The van der Waals surface area contributed by atoms with Crippen LogP contribution in [-0.4, -0.2) is 9.13 Å². The average molecular weight is 575 g/mol. The van der Waals surface area contributed by atoms with E-state index >= 15 is 0 Å². The zero-order valence-electron chi connectivity index (χ0n) is 24.8. The Labute approximate surface area is 260 Å². The van der Waals surface area contributed by atoms with Crippen LogP contribution in [0.25, 0.3) is 71.0 Å². The van der Waals surface area contributed by atoms with E-state index in [9.17, 15) is 5.26 Å². The summed E-state index contributed by atoms with van der Waals surface area (Å²) in [5, 5.41) is 14.1. The van der Waals surface area contributed by atoms with Crippen molar-refractivity contribution >= 4 is 49.3 Å². The third-order valence-corrected chi connectivity index (χ3v) is 9.69. The van der Waals surface area contributed by atoms with Crippen LogP contribution in [0.1, 0.15) is 30.5 Å². The first-order chi connectivity index (χ1) is 22.0. The Hall–Kier alpha value is -6.10. The van der Waals surface area contributed by atoms with Crippen LogP contribution in [0.5, 0.6) is 0 Å². The van der Waals surface area contributed by atoms with Crippen LogP contribution in [0.3, 0.4) is 0 Å². The molecule has 1 aliphatic carbocycles. The fourth-order valence-corrected chi connectivity index (χ4v) is 7.80. The van der Waals surface area contributed by atoms with Crippen LogP contribution in [0.2, 0.25) is 0 Å². The highest BCUT2D eigenvalue weighted by Gasteiger charge is 2.38. The largest absolute Gasteiger partial charge is 0.310 e. The summed E-state index contributed by atoms with van der Waals surface area (Å²) >= 11 is 0. The van der Waals surface area contributed by atoms with Gasteiger partial charge in [0.05, 0.1) is 40.3 Å². The van der Waals surface area contributed by atoms with E-state index in [-0.39, 0.29) is 5.41 Å². The maximum Gasteiger partial charge on any atom is 0.191 e. The van der Waals surface area contributed by atoms with Gasteiger partial charge in [-0.05, 0) is 70.8 Å². The van der Waals surface area contributed by atoms with E-state index in [2.05, 4.69) is 113 Å². The van der Waals surface area contributed by atoms with Crippen LogP contribution in [-0.2, 0) is 5.41 Å². The molecule has 0 fully saturated rings. The molecule has 6 aromatic carbocycles. The summed E-state index contributed by atoms with van der Waals surface area (Å²) in [7, 11) is 0. The fraction of sp³-hybridized carbons (Fsp3) is 0.0732. The minimum Gasteiger partial charge on any atom is -0.310 e. The molecule has 0 radical (unpaired) electrons. The monoisotopic (exact) mass is 574 g/mol. The summed E-state index contributed by atoms with van der Waals surface area (Å²) in [5.74, 6) is 0. The van der Waals surface area contributed by atoms with Crippen LogP contribution in [0, 0.1) is 17.9 Å². The van der Waals surface area contributed by atoms with E-state index in [1.807, 2.05) is 42.5 Å². The van der Waals surface area contributed by atoms with Gasteiger partial charge in [-0.15, -0.1) is 0 Å². The first-order valence-corrected chi connectivity index (χ1v) is 15.1. The van der Waals surface area contributed by atoms with Crippen molar-refractivity contribution in [2.75, 3.05) is 0 Å². The quantitative estimate of drug-likeness (QED) is 0.189. The molecule has 1 aliphatic rings. The van der Waals surface area contributed by atoms with Gasteiger partial charge in [-0.3, -0.25) is 0 Å². The van der Waals surface area contributed by atoms with Crippen LogP contribution >= 0.6 is 0 Å². The van der Waals surface area contributed by atoms with Crippen molar-refractivity contribution in [3.63, 3.8) is 0 Å². The molecule has 0 atom stereocenters. The summed E-state index contributed by atoms with van der Waals surface area (Å²) in [6.45, 7) is 12.8. The van der Waals surface area contributed by atoms with Gasteiger partial charge >= 0.3 is 0 Å². The molecule has 45 heavy (non-hydrogen) atoms. The molecule has 2 heterocycles. The Kier molecular flexibility index (Phi) is 5.06. The molecule has 0 spiro atoms. The lowest BCUT2D eigenvalue weighted by Gasteiger charge is -2.24. The Balaban J connectivity index is 1.41. The molecule has 0 saturated heterocycles. The second-order valence-electron chi connectivity index (χ2n) is 12.4. The highest BCUT2D eigenvalue weighted by atomic mass is 15.0. The number of para-hydroxylation sites is 2. The third-order valence-electron chi connectivity index (χ3n) is 9.69. The van der Waals surface area contributed by atoms with E-state index in [0.29, 0.717) is 11.3 Å². The van der Waals surface area contributed by atoms with Gasteiger partial charge < -0.3 is 9.13 Å². The van der Waals surface area contributed by atoms with Gasteiger partial charge in [0.25, 0.3) is 0 Å². The molecule has 9 rings (SSSR count). The Morgan fingerprint density at radius 3 is 2.02 bits per heavy atom. The second-order valence-corrected chi connectivity index (χ2v) is 12.4. The molecule has 0 unspecified atom stereocenters. The molecule has 0 N–H and O–H groups in total. The molecule has 0 aliphatic heterocycles. The Morgan fingerprint density at radius 1 is 0.622 bits per heavy atom. The molecule has 210 valence electrons. The van der Waals surface area contributed by atoms with Gasteiger partial charge in [-0.1, -0.05) is 86.6 Å². The predicted molar refractivity (Wildman–Crippen MR) is 184 cm³/mol. The topological polar surface area (TPSA) is 38.0 Å². The lowest BCUT2D eigenvalue weighted by Crippen LogP contribution is -2.16. The standard InChI is InChI=1S/C41H26N4/c1-41(2)35-13-7-4-10-29(35)32-17-18-33-30-11-5-9-15-37(30)45(40(33)39(32)41)28-22-26(43-3)21-27(23-28)44-36-14-8-6-12-31(36)34-20-25(24-42)16-19-38(34)44/h4-23H,1-2H3. The van der Waals surface area contributed by atoms with Gasteiger partial charge in [0.1, 0.15) is 0 Å². The van der Waals surface area contributed by atoms with Gasteiger partial charge in [-0.2, -0.15) is 5.26 Å². The zero-order chi connectivity index (χ0) is 30.4. The zero-order valence-corrected chi connectivity index (χ0v) is 24.8. The maximum absolute atomic E-state index is 9.64. The number of nitriles is 1. The van der Waals surface area contributed by atoms with Crippen molar-refractivity contribution < 1.29 is 0 Å². The van der Waals surface area contributed by atoms with Gasteiger partial charge in [0.2, 0.25) is 0 Å². The lowest BCUT2D eigenvalue weighted by molar-refractivity contribution is 0.664. The minimum atomic E-state index is -0.205. The minimum absolute atomic E-state index is 0.205. The Morgan fingerprint density at radius 2 is 1.27 bits per heavy atom. The first-order valence-electron chi connectivity index (χ1n) is 15.1. The van der Waals surface area contributed by atoms with E-state index in [0.717, 1.165) is 38.7 Å². The summed E-state index contributed by atoms with van der Waals surface area (Å²) in [6.07, 6.45) is 0. The van der Waals surface area contributed by atoms with Crippen molar-refractivity contribution in [3.05, 3.63) is 149 Å². The van der Waals surface area contributed by atoms with E-state index in [1.165, 1.54) is 38.5 Å². The molecule has 4 heteroatoms. The lowest BCUT2D eigenvalue weighted by atomic mass is 9.81. The normalized spacial score (nSPS) is 13.2. The SMILES string of the molecule is [C-]#[N+]c1cc(-n2c3ccccc3c3cc(C#N)ccc32)cc(-n2c3ccccc3c3ccc4c(c32)C(C)(C)c2ccccc2-4)c1. The van der Waals surface area contributed by atoms with Crippen molar-refractivity contribution in [1.29, 1.82) is 5.26 Å². The number of benzene rings is 6. The third kappa shape index (κ3) is 3.34. The highest BCUT2D eigenvalue weighted by molar-refractivity contribution is 6.13. The van der Waals surface area contributed by atoms with Crippen molar-refractivity contribution in [2.24, 2.45) is 0 Å². The van der Waals surface area contributed by atoms with Gasteiger partial charge in [-0.25, -0.2) is 4.85 Å². The number of hydrogen-bond donors (Lipinski definition) is 0. The predicted octanol–water partition coefficient (Wildman–Crippen LogP) is 10.6. The number of rotatable bonds is 2. The molecule has 2 aromatic heterocycles. The smallest absolute Gasteiger partial charge is 0.191 e. The van der Waals surface area contributed by atoms with Gasteiger partial charge in [0.15, 0.2) is 5.69 Å². The highest BCUT2D eigenvalue weighted by Crippen LogP contribution is 2.53. The molecule has 4 nitrogen and oxygen atoms in total. The number of hydrogen-bond acceptors (Lipinski definition) is 1. The number of fused-ring (bicyclic) bond motifs is 10. The fourth-order valence-electron chi connectivity index (χ4n) is 7.80. The first kappa shape index (κ1) is 25.4. The summed E-state index contributed by atoms with van der Waals surface area (Å²) < 4.78 is 4.60. The van der Waals surface area contributed by atoms with Crippen molar-refractivity contribution in [2.45, 2.75) is 19.3 Å². The van der Waals surface area contributed by atoms with Crippen molar-refractivity contribution in [1.82, 2.24) is 9.13 Å². The van der Waals surface area contributed by atoms with Crippen LogP contribution in [0.4, 0.5) is 5.69 Å². The number of aromatic nitrogens is 2. The van der Waals surface area contributed by atoms with E-state index in [4.69, 9.17) is 6.57 Å². The summed E-state index contributed by atoms with van der Waals surface area (Å²) in [4.78, 5) is 3.97. The van der Waals surface area contributed by atoms with Crippen LogP contribution < -0.4 is 0 Å². The summed E-state index contributed by atoms with van der Waals surface area (Å²) in [6, 6.07) is 44.5. The van der Waals surface area contributed by atoms with Crippen molar-refractivity contribution in [3.8, 4) is 28.6 Å². The molecule has 0 amide bonds. The molecular weight excluding hydrogens is 548 g/mol. The summed E-state index contributed by atoms with van der Waals surface area (Å²) in [5.41, 5.74) is 12.4. The molecular formula is C41H26N4. The van der Waals surface area contributed by atoms with Crippen LogP contribution in [0.15, 0.2) is 121 Å². The molecule has 0 saturated carbocycles. The molecule has 0 bridgehead atoms.